The van der Waals surface area contributed by atoms with Crippen LogP contribution in [0.2, 0.25) is 0 Å². The number of hydrogen-bond donors (Lipinski definition) is 1. The van der Waals surface area contributed by atoms with Crippen LogP contribution in [0.4, 0.5) is 0 Å². The van der Waals surface area contributed by atoms with Gasteiger partial charge in [-0.3, -0.25) is 9.59 Å². The molecule has 1 N–H and O–H groups in total. The van der Waals surface area contributed by atoms with E-state index in [0.29, 0.717) is 12.8 Å². The Labute approximate surface area is 235 Å². The molecule has 0 amide bonds. The van der Waals surface area contributed by atoms with Gasteiger partial charge < -0.3 is 14.6 Å². The molecule has 1 unspecified atom stereocenters. The number of carbonyl (C=O) groups excluding carboxylic acids is 2. The molecule has 0 aromatic heterocycles. The third kappa shape index (κ3) is 27.7. The number of ether oxygens (including phenoxy) is 2. The van der Waals surface area contributed by atoms with Crippen LogP contribution in [0.5, 0.6) is 0 Å². The maximum Gasteiger partial charge on any atom is 0.306 e. The minimum absolute atomic E-state index is 0.0637. The average molecular weight is 539 g/mol. The number of aliphatic hydroxyl groups is 1. The molecule has 0 saturated heterocycles. The molecule has 0 aromatic rings. The number of hydrogen-bond acceptors (Lipinski definition) is 5. The summed E-state index contributed by atoms with van der Waals surface area (Å²) in [6.07, 6.45) is 31.3. The second kappa shape index (κ2) is 30.2. The van der Waals surface area contributed by atoms with Gasteiger partial charge in [0.05, 0.1) is 6.61 Å². The van der Waals surface area contributed by atoms with E-state index in [1.165, 1.54) is 103 Å². The van der Waals surface area contributed by atoms with E-state index in [0.717, 1.165) is 38.5 Å². The Hall–Kier alpha value is -1.36. The normalized spacial score (nSPS) is 12.2. The van der Waals surface area contributed by atoms with Crippen molar-refractivity contribution < 1.29 is 24.2 Å². The van der Waals surface area contributed by atoms with Gasteiger partial charge in [-0.1, -0.05) is 129 Å². The molecule has 0 bridgehead atoms. The SMILES string of the molecule is CCCCCCCC/C=C\CCCCCCCCCC(=O)OC(CO)COC(=O)CCCCCCCCC. The van der Waals surface area contributed by atoms with Crippen molar-refractivity contribution in [2.24, 2.45) is 0 Å². The first kappa shape index (κ1) is 36.6. The van der Waals surface area contributed by atoms with Gasteiger partial charge in [0.15, 0.2) is 6.10 Å². The second-order valence-corrected chi connectivity index (χ2v) is 10.9. The molecule has 0 aliphatic rings. The summed E-state index contributed by atoms with van der Waals surface area (Å²) in [4.78, 5) is 23.9. The maximum atomic E-state index is 12.1. The average Bonchev–Trinajstić information content (AvgIpc) is 2.92. The molecule has 0 aliphatic carbocycles. The van der Waals surface area contributed by atoms with Crippen LogP contribution in [0.1, 0.15) is 168 Å². The summed E-state index contributed by atoms with van der Waals surface area (Å²) in [6, 6.07) is 0. The van der Waals surface area contributed by atoms with E-state index < -0.39 is 6.10 Å². The molecule has 38 heavy (non-hydrogen) atoms. The Bertz CT molecular complexity index is 546. The molecule has 0 aromatic carbocycles. The highest BCUT2D eigenvalue weighted by Crippen LogP contribution is 2.12. The molecule has 5 nitrogen and oxygen atoms in total. The molecule has 5 heteroatoms. The number of aliphatic hydroxyl groups excluding tert-OH is 1. The van der Waals surface area contributed by atoms with E-state index in [4.69, 9.17) is 9.47 Å². The lowest BCUT2D eigenvalue weighted by Gasteiger charge is -2.15. The van der Waals surface area contributed by atoms with E-state index >= 15 is 0 Å². The summed E-state index contributed by atoms with van der Waals surface area (Å²) in [7, 11) is 0. The molecular formula is C33H62O5. The van der Waals surface area contributed by atoms with Crippen LogP contribution in [0.25, 0.3) is 0 Å². The van der Waals surface area contributed by atoms with Gasteiger partial charge >= 0.3 is 11.9 Å². The monoisotopic (exact) mass is 538 g/mol. The van der Waals surface area contributed by atoms with Gasteiger partial charge in [-0.05, 0) is 38.5 Å². The van der Waals surface area contributed by atoms with Gasteiger partial charge in [0.2, 0.25) is 0 Å². The van der Waals surface area contributed by atoms with E-state index in [1.807, 2.05) is 0 Å². The highest BCUT2D eigenvalue weighted by molar-refractivity contribution is 5.70. The topological polar surface area (TPSA) is 72.8 Å². The summed E-state index contributed by atoms with van der Waals surface area (Å²) in [6.45, 7) is 4.07. The molecule has 0 rings (SSSR count). The number of esters is 2. The standard InChI is InChI=1S/C33H62O5/c1-3-5-7-9-11-12-13-14-15-16-17-18-19-20-22-24-26-28-33(36)38-31(29-34)30-37-32(35)27-25-23-21-10-8-6-4-2/h14-15,31,34H,3-13,16-30H2,1-2H3/b15-14-. The van der Waals surface area contributed by atoms with Crippen molar-refractivity contribution in [2.45, 2.75) is 174 Å². The summed E-state index contributed by atoms with van der Waals surface area (Å²) >= 11 is 0. The van der Waals surface area contributed by atoms with Crippen molar-refractivity contribution in [3.63, 3.8) is 0 Å². The fourth-order valence-corrected chi connectivity index (χ4v) is 4.55. The third-order valence-corrected chi connectivity index (χ3v) is 7.06. The van der Waals surface area contributed by atoms with Crippen LogP contribution in [0, 0.1) is 0 Å². The van der Waals surface area contributed by atoms with Crippen molar-refractivity contribution in [1.82, 2.24) is 0 Å². The molecule has 224 valence electrons. The summed E-state index contributed by atoms with van der Waals surface area (Å²) in [5, 5.41) is 9.45. The van der Waals surface area contributed by atoms with Crippen LogP contribution >= 0.6 is 0 Å². The lowest BCUT2D eigenvalue weighted by Crippen LogP contribution is -2.28. The summed E-state index contributed by atoms with van der Waals surface area (Å²) in [5.74, 6) is -0.600. The first-order chi connectivity index (χ1) is 18.6. The predicted octanol–water partition coefficient (Wildman–Crippen LogP) is 9.39. The van der Waals surface area contributed by atoms with Crippen molar-refractivity contribution in [1.29, 1.82) is 0 Å². The zero-order valence-corrected chi connectivity index (χ0v) is 25.2. The first-order valence-corrected chi connectivity index (χ1v) is 16.2. The van der Waals surface area contributed by atoms with Crippen LogP contribution in [-0.4, -0.2) is 36.4 Å². The molecule has 1 atom stereocenters. The molecular weight excluding hydrogens is 476 g/mol. The molecule has 0 heterocycles. The van der Waals surface area contributed by atoms with Crippen molar-refractivity contribution >= 4 is 11.9 Å². The molecule has 0 spiro atoms. The maximum absolute atomic E-state index is 12.1. The Balaban J connectivity index is 3.54. The Morgan fingerprint density at radius 3 is 1.42 bits per heavy atom. The van der Waals surface area contributed by atoms with Gasteiger partial charge in [-0.15, -0.1) is 0 Å². The van der Waals surface area contributed by atoms with Crippen molar-refractivity contribution in [2.75, 3.05) is 13.2 Å². The fraction of sp³-hybridized carbons (Fsp3) is 0.879. The largest absolute Gasteiger partial charge is 0.462 e. The van der Waals surface area contributed by atoms with Crippen molar-refractivity contribution in [3.8, 4) is 0 Å². The van der Waals surface area contributed by atoms with E-state index in [9.17, 15) is 14.7 Å². The van der Waals surface area contributed by atoms with Crippen LogP contribution in [0.15, 0.2) is 12.2 Å². The van der Waals surface area contributed by atoms with Gasteiger partial charge in [-0.2, -0.15) is 0 Å². The van der Waals surface area contributed by atoms with Crippen molar-refractivity contribution in [3.05, 3.63) is 12.2 Å². The van der Waals surface area contributed by atoms with Gasteiger partial charge in [0.25, 0.3) is 0 Å². The number of allylic oxidation sites excluding steroid dienone is 2. The highest BCUT2D eigenvalue weighted by Gasteiger charge is 2.16. The number of carbonyl (C=O) groups is 2. The zero-order chi connectivity index (χ0) is 27.9. The fourth-order valence-electron chi connectivity index (χ4n) is 4.55. The number of unbranched alkanes of at least 4 members (excludes halogenated alkanes) is 19. The van der Waals surface area contributed by atoms with Crippen LogP contribution < -0.4 is 0 Å². The first-order valence-electron chi connectivity index (χ1n) is 16.2. The minimum atomic E-state index is -0.764. The smallest absolute Gasteiger partial charge is 0.306 e. The quantitative estimate of drug-likeness (QED) is 0.0583. The Morgan fingerprint density at radius 2 is 0.974 bits per heavy atom. The lowest BCUT2D eigenvalue weighted by atomic mass is 10.1. The van der Waals surface area contributed by atoms with Gasteiger partial charge in [0, 0.05) is 12.8 Å². The van der Waals surface area contributed by atoms with E-state index in [1.54, 1.807) is 0 Å². The predicted molar refractivity (Wildman–Crippen MR) is 159 cm³/mol. The third-order valence-electron chi connectivity index (χ3n) is 7.06. The summed E-state index contributed by atoms with van der Waals surface area (Å²) in [5.41, 5.74) is 0. The summed E-state index contributed by atoms with van der Waals surface area (Å²) < 4.78 is 10.5. The molecule has 0 fully saturated rings. The minimum Gasteiger partial charge on any atom is -0.462 e. The Kier molecular flexibility index (Phi) is 29.1. The van der Waals surface area contributed by atoms with E-state index in [2.05, 4.69) is 26.0 Å². The van der Waals surface area contributed by atoms with E-state index in [-0.39, 0.29) is 25.2 Å². The van der Waals surface area contributed by atoms with Crippen LogP contribution in [0.3, 0.4) is 0 Å². The van der Waals surface area contributed by atoms with Crippen LogP contribution in [-0.2, 0) is 19.1 Å². The molecule has 0 aliphatic heterocycles. The second-order valence-electron chi connectivity index (χ2n) is 10.9. The lowest BCUT2D eigenvalue weighted by molar-refractivity contribution is -0.161. The van der Waals surface area contributed by atoms with Gasteiger partial charge in [0.1, 0.15) is 6.61 Å². The molecule has 0 saturated carbocycles. The Morgan fingerprint density at radius 1 is 0.579 bits per heavy atom. The highest BCUT2D eigenvalue weighted by atomic mass is 16.6. The molecule has 0 radical (unpaired) electrons. The van der Waals surface area contributed by atoms with Gasteiger partial charge in [-0.25, -0.2) is 0 Å². The number of rotatable bonds is 29. The zero-order valence-electron chi connectivity index (χ0n) is 25.2.